The van der Waals surface area contributed by atoms with Crippen LogP contribution in [0.4, 0.5) is 10.1 Å². The smallest absolute Gasteiger partial charge is 0.269 e. The number of amides is 1. The number of non-ortho nitro benzene ring substituents is 1. The first-order chi connectivity index (χ1) is 32.6. The van der Waals surface area contributed by atoms with Crippen molar-refractivity contribution in [2.45, 2.75) is 109 Å². The van der Waals surface area contributed by atoms with Crippen molar-refractivity contribution in [2.75, 3.05) is 19.8 Å². The minimum absolute atomic E-state index is 0.0156. The standard InChI is InChI=1S/C55H64FN3O9/c1-7-30-65-55-50(58(35-39-15-20-41(56)21-16-39)51(62)27-19-38-17-22-42(23-18-38)59(63)64)34-48(57-68-54(4,5)6)46-32-40(12-8-10-28-60)45(13-9-11-29-61)52(53(46)55)47-33-44(25-26-49(47)67-55)66-43-24-14-36(2)37(3)31-43/h7,14-27,31-33,40,45,50,52-53,60-61H,1,8-13,28-30,34-35H2,2-6H3/t40-,45+,50-,52+,53+,55+/m0/s1. The van der Waals surface area contributed by atoms with E-state index in [2.05, 4.69) is 25.6 Å². The number of halogens is 1. The Morgan fingerprint density at radius 2 is 1.65 bits per heavy atom. The van der Waals surface area contributed by atoms with Gasteiger partial charge >= 0.3 is 0 Å². The summed E-state index contributed by atoms with van der Waals surface area (Å²) in [5.41, 5.74) is 5.16. The lowest BCUT2D eigenvalue weighted by atomic mass is 9.55. The number of aliphatic hydroxyl groups excluding tert-OH is 2. The number of rotatable bonds is 20. The molecule has 0 saturated heterocycles. The average molecular weight is 930 g/mol. The number of fused-ring (bicyclic) bond motifs is 2. The molecule has 0 spiro atoms. The maximum atomic E-state index is 15.1. The quantitative estimate of drug-likeness (QED) is 0.0290. The molecule has 2 N–H and O–H groups in total. The number of oxime groups is 1. The lowest BCUT2D eigenvalue weighted by molar-refractivity contribution is -0.384. The molecule has 68 heavy (non-hydrogen) atoms. The Hall–Kier alpha value is -6.15. The Labute approximate surface area is 398 Å². The van der Waals surface area contributed by atoms with Crippen molar-refractivity contribution in [2.24, 2.45) is 22.9 Å². The molecule has 4 aromatic carbocycles. The first kappa shape index (κ1) is 49.7. The van der Waals surface area contributed by atoms with E-state index in [1.807, 2.05) is 58.0 Å². The van der Waals surface area contributed by atoms with Crippen LogP contribution in [0.2, 0.25) is 0 Å². The van der Waals surface area contributed by atoms with Gasteiger partial charge in [0.1, 0.15) is 34.7 Å². The minimum atomic E-state index is -1.56. The summed E-state index contributed by atoms with van der Waals surface area (Å²) in [7, 11) is 0. The summed E-state index contributed by atoms with van der Waals surface area (Å²) in [5.74, 6) is -1.39. The molecule has 0 aromatic heterocycles. The highest BCUT2D eigenvalue weighted by Crippen LogP contribution is 2.62. The predicted molar refractivity (Wildman–Crippen MR) is 261 cm³/mol. The van der Waals surface area contributed by atoms with Crippen molar-refractivity contribution < 1.29 is 43.4 Å². The zero-order chi connectivity index (χ0) is 48.6. The van der Waals surface area contributed by atoms with Crippen LogP contribution in [0, 0.1) is 47.5 Å². The fourth-order valence-electron chi connectivity index (χ4n) is 9.92. The molecule has 1 heterocycles. The summed E-state index contributed by atoms with van der Waals surface area (Å²) in [6.45, 7) is 14.1. The Morgan fingerprint density at radius 1 is 0.956 bits per heavy atom. The molecule has 2 aliphatic carbocycles. The molecule has 0 radical (unpaired) electrons. The number of nitrogens with zero attached hydrogens (tertiary/aromatic N) is 3. The molecule has 7 rings (SSSR count). The van der Waals surface area contributed by atoms with Crippen molar-refractivity contribution >= 4 is 23.4 Å². The van der Waals surface area contributed by atoms with Crippen LogP contribution in [0.3, 0.4) is 0 Å². The van der Waals surface area contributed by atoms with Crippen LogP contribution in [0.5, 0.6) is 17.2 Å². The second-order valence-corrected chi connectivity index (χ2v) is 19.1. The van der Waals surface area contributed by atoms with Crippen molar-refractivity contribution in [1.29, 1.82) is 0 Å². The van der Waals surface area contributed by atoms with Crippen molar-refractivity contribution in [3.05, 3.63) is 159 Å². The number of nitro groups is 1. The predicted octanol–water partition coefficient (Wildman–Crippen LogP) is 11.3. The number of unbranched alkanes of at least 4 members (excludes halogenated alkanes) is 2. The number of benzene rings is 4. The Kier molecular flexibility index (Phi) is 16.0. The molecule has 6 atom stereocenters. The van der Waals surface area contributed by atoms with Gasteiger partial charge in [0.05, 0.1) is 23.2 Å². The molecule has 360 valence electrons. The highest BCUT2D eigenvalue weighted by atomic mass is 19.1. The average Bonchev–Trinajstić information content (AvgIpc) is 3.31. The van der Waals surface area contributed by atoms with E-state index in [-0.39, 0.29) is 56.2 Å². The van der Waals surface area contributed by atoms with Crippen LogP contribution in [-0.4, -0.2) is 68.9 Å². The van der Waals surface area contributed by atoms with Crippen LogP contribution < -0.4 is 9.47 Å². The topological polar surface area (TPSA) is 153 Å². The molecule has 1 amide bonds. The normalized spacial score (nSPS) is 22.4. The van der Waals surface area contributed by atoms with Crippen molar-refractivity contribution in [3.63, 3.8) is 0 Å². The molecular weight excluding hydrogens is 866 g/mol. The van der Waals surface area contributed by atoms with Gasteiger partial charge in [-0.2, -0.15) is 0 Å². The summed E-state index contributed by atoms with van der Waals surface area (Å²) >= 11 is 0. The molecule has 1 saturated carbocycles. The highest BCUT2D eigenvalue weighted by Gasteiger charge is 2.65. The molecule has 13 heteroatoms. The maximum absolute atomic E-state index is 15.1. The second kappa shape index (κ2) is 21.9. The van der Waals surface area contributed by atoms with Crippen LogP contribution in [0.15, 0.2) is 120 Å². The monoisotopic (exact) mass is 929 g/mol. The van der Waals surface area contributed by atoms with E-state index in [0.717, 1.165) is 47.9 Å². The fraction of sp³-hybridized carbons (Fsp3) is 0.418. The van der Waals surface area contributed by atoms with E-state index >= 15 is 4.79 Å². The molecule has 4 aromatic rings. The Balaban J connectivity index is 1.47. The molecular formula is C55H64FN3O9. The van der Waals surface area contributed by atoms with Gasteiger partial charge in [-0.15, -0.1) is 6.58 Å². The van der Waals surface area contributed by atoms with E-state index in [4.69, 9.17) is 24.2 Å². The van der Waals surface area contributed by atoms with Gasteiger partial charge in [-0.25, -0.2) is 4.39 Å². The van der Waals surface area contributed by atoms with Crippen LogP contribution >= 0.6 is 0 Å². The largest absolute Gasteiger partial charge is 0.459 e. The van der Waals surface area contributed by atoms with Crippen molar-refractivity contribution in [3.8, 4) is 17.2 Å². The van der Waals surface area contributed by atoms with E-state index in [0.29, 0.717) is 46.9 Å². The summed E-state index contributed by atoms with van der Waals surface area (Å²) < 4.78 is 35.6. The minimum Gasteiger partial charge on any atom is -0.459 e. The van der Waals surface area contributed by atoms with Gasteiger partial charge in [0.25, 0.3) is 5.69 Å². The molecule has 1 aliphatic heterocycles. The molecule has 1 fully saturated rings. The molecule has 3 aliphatic rings. The zero-order valence-corrected chi connectivity index (χ0v) is 39.7. The van der Waals surface area contributed by atoms with Crippen LogP contribution in [0.25, 0.3) is 6.08 Å². The van der Waals surface area contributed by atoms with Gasteiger partial charge in [-0.1, -0.05) is 48.3 Å². The molecule has 0 unspecified atom stereocenters. The zero-order valence-electron chi connectivity index (χ0n) is 39.7. The lowest BCUT2D eigenvalue weighted by Gasteiger charge is -2.60. The first-order valence-corrected chi connectivity index (χ1v) is 23.6. The molecule has 12 nitrogen and oxygen atoms in total. The van der Waals surface area contributed by atoms with E-state index in [9.17, 15) is 24.7 Å². The molecule has 0 bridgehead atoms. The van der Waals surface area contributed by atoms with Gasteiger partial charge in [-0.3, -0.25) is 14.9 Å². The summed E-state index contributed by atoms with van der Waals surface area (Å²) in [4.78, 5) is 34.1. The fourth-order valence-corrected chi connectivity index (χ4v) is 9.92. The number of ether oxygens (including phenoxy) is 3. The van der Waals surface area contributed by atoms with Crippen LogP contribution in [-0.2, 0) is 20.9 Å². The SMILES string of the molecule is C=CCO[C@@]12Oc3ccc(Oc4ccc(C)c(C)c4)cc3[C@H]3[C@H](CCCCO)[C@@H](CCCCO)C=C(C(=NOC(C)(C)C)C[C@@H]1N(Cc1ccc(F)cc1)C(=O)C=Cc1ccc([N+](=O)[O-])cc1)[C@H]32. The number of aliphatic hydroxyl groups is 2. The number of nitro benzene ring substituents is 1. The number of aryl methyl sites for hydroxylation is 2. The van der Waals surface area contributed by atoms with Gasteiger partial charge in [-0.05, 0) is 161 Å². The number of carbonyl (C=O) groups is 1. The summed E-state index contributed by atoms with van der Waals surface area (Å²) in [6, 6.07) is 22.9. The third-order valence-corrected chi connectivity index (χ3v) is 13.2. The highest BCUT2D eigenvalue weighted by molar-refractivity contribution is 6.03. The number of hydrogen-bond donors (Lipinski definition) is 2. The van der Waals surface area contributed by atoms with Gasteiger partial charge in [0, 0.05) is 55.9 Å². The third-order valence-electron chi connectivity index (χ3n) is 13.2. The third kappa shape index (κ3) is 11.4. The van der Waals surface area contributed by atoms with Gasteiger partial charge < -0.3 is 34.2 Å². The number of allylic oxidation sites excluding steroid dienone is 1. The summed E-state index contributed by atoms with van der Waals surface area (Å²) in [5, 5.41) is 36.4. The van der Waals surface area contributed by atoms with Crippen molar-refractivity contribution in [1.82, 2.24) is 4.90 Å². The van der Waals surface area contributed by atoms with E-state index < -0.39 is 40.0 Å². The van der Waals surface area contributed by atoms with E-state index in [1.54, 1.807) is 41.3 Å². The lowest BCUT2D eigenvalue weighted by Crippen LogP contribution is -2.70. The first-order valence-electron chi connectivity index (χ1n) is 23.6. The van der Waals surface area contributed by atoms with Gasteiger partial charge in [0.15, 0.2) is 0 Å². The van der Waals surface area contributed by atoms with Gasteiger partial charge in [0.2, 0.25) is 11.7 Å². The second-order valence-electron chi connectivity index (χ2n) is 19.1. The van der Waals surface area contributed by atoms with Crippen LogP contribution in [0.1, 0.15) is 99.5 Å². The Morgan fingerprint density at radius 3 is 2.31 bits per heavy atom. The summed E-state index contributed by atoms with van der Waals surface area (Å²) in [6.07, 6.45) is 11.5. The Bertz CT molecular complexity index is 2510. The number of hydrogen-bond acceptors (Lipinski definition) is 10. The number of carbonyl (C=O) groups excluding carboxylic acids is 1. The van der Waals surface area contributed by atoms with E-state index in [1.165, 1.54) is 30.3 Å². The maximum Gasteiger partial charge on any atom is 0.269 e.